The SMILES string of the molecule is N#Cc1ccc2c(c1Br)CCC2=O. The Bertz CT molecular complexity index is 431. The minimum absolute atomic E-state index is 0.181. The van der Waals surface area contributed by atoms with Gasteiger partial charge in [0.05, 0.1) is 5.56 Å². The average molecular weight is 236 g/mol. The van der Waals surface area contributed by atoms with Crippen molar-refractivity contribution in [1.29, 1.82) is 5.26 Å². The second-order valence-corrected chi connectivity index (χ2v) is 3.78. The van der Waals surface area contributed by atoms with E-state index < -0.39 is 0 Å². The van der Waals surface area contributed by atoms with Crippen LogP contribution in [0.4, 0.5) is 0 Å². The smallest absolute Gasteiger partial charge is 0.163 e. The van der Waals surface area contributed by atoms with Crippen molar-refractivity contribution < 1.29 is 4.79 Å². The Balaban J connectivity index is 2.68. The summed E-state index contributed by atoms with van der Waals surface area (Å²) in [5.74, 6) is 0.181. The van der Waals surface area contributed by atoms with Gasteiger partial charge in [-0.25, -0.2) is 0 Å². The Morgan fingerprint density at radius 2 is 2.15 bits per heavy atom. The van der Waals surface area contributed by atoms with Crippen LogP contribution in [-0.4, -0.2) is 5.78 Å². The lowest BCUT2D eigenvalue weighted by Crippen LogP contribution is -1.92. The average Bonchev–Trinajstić information content (AvgIpc) is 2.50. The van der Waals surface area contributed by atoms with Crippen LogP contribution in [0, 0.1) is 11.3 Å². The molecule has 1 aromatic rings. The van der Waals surface area contributed by atoms with Crippen LogP contribution in [-0.2, 0) is 6.42 Å². The molecule has 64 valence electrons. The van der Waals surface area contributed by atoms with Crippen LogP contribution in [0.5, 0.6) is 0 Å². The first kappa shape index (κ1) is 8.46. The fourth-order valence-electron chi connectivity index (χ4n) is 1.59. The number of rotatable bonds is 0. The van der Waals surface area contributed by atoms with Crippen molar-refractivity contribution >= 4 is 21.7 Å². The number of Topliss-reactive ketones (excluding diaryl/α,β-unsaturated/α-hetero) is 1. The Morgan fingerprint density at radius 3 is 2.85 bits per heavy atom. The highest BCUT2D eigenvalue weighted by molar-refractivity contribution is 9.10. The largest absolute Gasteiger partial charge is 0.294 e. The van der Waals surface area contributed by atoms with Crippen LogP contribution < -0.4 is 0 Å². The molecule has 0 atom stereocenters. The van der Waals surface area contributed by atoms with E-state index in [2.05, 4.69) is 22.0 Å². The van der Waals surface area contributed by atoms with Gasteiger partial charge >= 0.3 is 0 Å². The Morgan fingerprint density at radius 1 is 1.38 bits per heavy atom. The second-order valence-electron chi connectivity index (χ2n) is 2.99. The first-order valence-corrected chi connectivity index (χ1v) is 4.78. The zero-order chi connectivity index (χ0) is 9.42. The molecule has 3 heteroatoms. The molecule has 0 amide bonds. The summed E-state index contributed by atoms with van der Waals surface area (Å²) in [6.45, 7) is 0. The van der Waals surface area contributed by atoms with E-state index in [-0.39, 0.29) is 5.78 Å². The number of halogens is 1. The van der Waals surface area contributed by atoms with Gasteiger partial charge in [0.25, 0.3) is 0 Å². The molecule has 0 radical (unpaired) electrons. The van der Waals surface area contributed by atoms with Crippen LogP contribution in [0.2, 0.25) is 0 Å². The maximum atomic E-state index is 11.3. The van der Waals surface area contributed by atoms with Crippen molar-refractivity contribution in [2.24, 2.45) is 0 Å². The topological polar surface area (TPSA) is 40.9 Å². The van der Waals surface area contributed by atoms with Crippen molar-refractivity contribution in [2.75, 3.05) is 0 Å². The molecule has 0 aromatic heterocycles. The highest BCUT2D eigenvalue weighted by Gasteiger charge is 2.22. The summed E-state index contributed by atoms with van der Waals surface area (Å²) < 4.78 is 0.790. The van der Waals surface area contributed by atoms with Gasteiger partial charge in [-0.05, 0) is 40.0 Å². The van der Waals surface area contributed by atoms with Crippen LogP contribution >= 0.6 is 15.9 Å². The third-order valence-corrected chi connectivity index (χ3v) is 3.17. The quantitative estimate of drug-likeness (QED) is 0.694. The van der Waals surface area contributed by atoms with E-state index in [1.54, 1.807) is 12.1 Å². The van der Waals surface area contributed by atoms with Crippen LogP contribution in [0.15, 0.2) is 16.6 Å². The summed E-state index contributed by atoms with van der Waals surface area (Å²) in [7, 11) is 0. The molecule has 0 fully saturated rings. The van der Waals surface area contributed by atoms with Gasteiger partial charge in [-0.3, -0.25) is 4.79 Å². The monoisotopic (exact) mass is 235 g/mol. The molecule has 0 aliphatic heterocycles. The van der Waals surface area contributed by atoms with Gasteiger partial charge in [-0.15, -0.1) is 0 Å². The van der Waals surface area contributed by atoms with E-state index in [4.69, 9.17) is 5.26 Å². The number of nitriles is 1. The number of nitrogens with zero attached hydrogens (tertiary/aromatic N) is 1. The molecule has 0 unspecified atom stereocenters. The van der Waals surface area contributed by atoms with Crippen molar-refractivity contribution in [3.05, 3.63) is 33.3 Å². The summed E-state index contributed by atoms with van der Waals surface area (Å²) in [5.41, 5.74) is 2.36. The summed E-state index contributed by atoms with van der Waals surface area (Å²) in [5, 5.41) is 8.75. The molecule has 1 aliphatic carbocycles. The lowest BCUT2D eigenvalue weighted by atomic mass is 10.1. The molecule has 0 saturated heterocycles. The van der Waals surface area contributed by atoms with Crippen molar-refractivity contribution in [2.45, 2.75) is 12.8 Å². The summed E-state index contributed by atoms with van der Waals surface area (Å²) in [6.07, 6.45) is 1.33. The summed E-state index contributed by atoms with van der Waals surface area (Å²) in [4.78, 5) is 11.3. The number of carbonyl (C=O) groups is 1. The van der Waals surface area contributed by atoms with Crippen LogP contribution in [0.3, 0.4) is 0 Å². The molecule has 13 heavy (non-hydrogen) atoms. The number of benzene rings is 1. The number of hydrogen-bond acceptors (Lipinski definition) is 2. The fourth-order valence-corrected chi connectivity index (χ4v) is 2.22. The van der Waals surface area contributed by atoms with Gasteiger partial charge in [0.2, 0.25) is 0 Å². The first-order chi connectivity index (χ1) is 6.24. The van der Waals surface area contributed by atoms with Gasteiger partial charge in [0.1, 0.15) is 6.07 Å². The molecular weight excluding hydrogens is 230 g/mol. The normalized spacial score (nSPS) is 14.0. The van der Waals surface area contributed by atoms with E-state index >= 15 is 0 Å². The van der Waals surface area contributed by atoms with Gasteiger partial charge in [-0.1, -0.05) is 0 Å². The van der Waals surface area contributed by atoms with Crippen LogP contribution in [0.25, 0.3) is 0 Å². The third-order valence-electron chi connectivity index (χ3n) is 2.27. The zero-order valence-electron chi connectivity index (χ0n) is 6.80. The Kier molecular flexibility index (Phi) is 1.93. The van der Waals surface area contributed by atoms with Gasteiger partial charge in [0, 0.05) is 16.5 Å². The second kappa shape index (κ2) is 2.97. The highest BCUT2D eigenvalue weighted by Crippen LogP contribution is 2.31. The van der Waals surface area contributed by atoms with E-state index in [0.29, 0.717) is 12.0 Å². The van der Waals surface area contributed by atoms with Gasteiger partial charge in [0.15, 0.2) is 5.78 Å². The fraction of sp³-hybridized carbons (Fsp3) is 0.200. The summed E-state index contributed by atoms with van der Waals surface area (Å²) >= 11 is 3.35. The maximum Gasteiger partial charge on any atom is 0.163 e. The minimum Gasteiger partial charge on any atom is -0.294 e. The third kappa shape index (κ3) is 1.18. The Labute approximate surface area is 84.3 Å². The predicted molar refractivity (Wildman–Crippen MR) is 51.5 cm³/mol. The van der Waals surface area contributed by atoms with Crippen molar-refractivity contribution in [3.8, 4) is 6.07 Å². The zero-order valence-corrected chi connectivity index (χ0v) is 8.39. The first-order valence-electron chi connectivity index (χ1n) is 3.98. The molecule has 1 aliphatic rings. The molecule has 0 N–H and O–H groups in total. The molecule has 1 aromatic carbocycles. The van der Waals surface area contributed by atoms with Crippen molar-refractivity contribution in [1.82, 2.24) is 0 Å². The Hall–Kier alpha value is -1.14. The molecule has 0 bridgehead atoms. The standard InChI is InChI=1S/C10H6BrNO/c11-10-6(5-12)1-2-7-8(10)3-4-9(7)13/h1-2H,3-4H2. The van der Waals surface area contributed by atoms with Crippen LogP contribution in [0.1, 0.15) is 27.9 Å². The minimum atomic E-state index is 0.181. The number of ketones is 1. The van der Waals surface area contributed by atoms with Crippen molar-refractivity contribution in [3.63, 3.8) is 0 Å². The predicted octanol–water partition coefficient (Wildman–Crippen LogP) is 2.45. The molecule has 2 nitrogen and oxygen atoms in total. The van der Waals surface area contributed by atoms with Gasteiger partial charge in [-0.2, -0.15) is 5.26 Å². The van der Waals surface area contributed by atoms with E-state index in [1.807, 2.05) is 0 Å². The van der Waals surface area contributed by atoms with E-state index in [9.17, 15) is 4.79 Å². The molecule has 2 rings (SSSR count). The molecule has 0 spiro atoms. The van der Waals surface area contributed by atoms with E-state index in [1.165, 1.54) is 0 Å². The highest BCUT2D eigenvalue weighted by atomic mass is 79.9. The van der Waals surface area contributed by atoms with E-state index in [0.717, 1.165) is 22.0 Å². The lowest BCUT2D eigenvalue weighted by molar-refractivity contribution is 0.0994. The summed E-state index contributed by atoms with van der Waals surface area (Å²) in [6, 6.07) is 5.51. The molecular formula is C10H6BrNO. The number of hydrogen-bond donors (Lipinski definition) is 0. The number of fused-ring (bicyclic) bond motifs is 1. The molecule has 0 saturated carbocycles. The number of carbonyl (C=O) groups excluding carboxylic acids is 1. The molecule has 0 heterocycles. The lowest BCUT2D eigenvalue weighted by Gasteiger charge is -2.01. The maximum absolute atomic E-state index is 11.3. The van der Waals surface area contributed by atoms with Gasteiger partial charge < -0.3 is 0 Å².